The van der Waals surface area contributed by atoms with Gasteiger partial charge in [-0.25, -0.2) is 9.18 Å². The lowest BCUT2D eigenvalue weighted by molar-refractivity contribution is 0.552. The van der Waals surface area contributed by atoms with Crippen LogP contribution in [0.15, 0.2) is 50.4 Å². The lowest BCUT2D eigenvalue weighted by Gasteiger charge is -2.21. The molecule has 186 valence electrons. The van der Waals surface area contributed by atoms with Gasteiger partial charge >= 0.3 is 5.63 Å². The molecule has 2 aromatic heterocycles. The molecule has 1 aliphatic carbocycles. The van der Waals surface area contributed by atoms with E-state index in [2.05, 4.69) is 10.0 Å². The summed E-state index contributed by atoms with van der Waals surface area (Å²) >= 11 is 1.49. The molecule has 36 heavy (non-hydrogen) atoms. The van der Waals surface area contributed by atoms with E-state index in [1.165, 1.54) is 18.0 Å². The van der Waals surface area contributed by atoms with E-state index >= 15 is 0 Å². The van der Waals surface area contributed by atoms with Crippen molar-refractivity contribution in [3.8, 4) is 11.1 Å². The smallest absolute Gasteiger partial charge is 0.341 e. The van der Waals surface area contributed by atoms with Gasteiger partial charge in [0.05, 0.1) is 16.9 Å². The van der Waals surface area contributed by atoms with Crippen molar-refractivity contribution < 1.29 is 8.81 Å². The molecular weight excluding hydrogens is 477 g/mol. The van der Waals surface area contributed by atoms with E-state index in [0.29, 0.717) is 5.56 Å². The zero-order valence-electron chi connectivity index (χ0n) is 20.9. The molecule has 0 amide bonds. The summed E-state index contributed by atoms with van der Waals surface area (Å²) in [5, 5.41) is 3.31. The number of hydrogen-bond donors (Lipinski definition) is 2. The van der Waals surface area contributed by atoms with Gasteiger partial charge in [-0.1, -0.05) is 30.1 Å². The molecule has 5 rings (SSSR count). The average Bonchev–Trinajstić information content (AvgIpc) is 3.66. The van der Waals surface area contributed by atoms with Crippen LogP contribution in [0.3, 0.4) is 0 Å². The standard InChI is InChI=1S/C28H28FN3O3S/c1-14-9-12-22(20(29)13-14)30-25-16(3)28(34)35-26-23(19-7-6-8-21(15(19)2)31-36-5)17(4)32(18-10-11-18)27(33)24(25)26/h6-9,12-13,18,30-31H,10-11H2,1-5H3. The zero-order chi connectivity index (χ0) is 25.7. The van der Waals surface area contributed by atoms with Crippen LogP contribution in [0.4, 0.5) is 21.5 Å². The lowest BCUT2D eigenvalue weighted by atomic mass is 9.95. The van der Waals surface area contributed by atoms with Crippen LogP contribution in [0.5, 0.6) is 0 Å². The maximum absolute atomic E-state index is 14.8. The van der Waals surface area contributed by atoms with Crippen LogP contribution in [0, 0.1) is 33.5 Å². The molecule has 4 aromatic rings. The van der Waals surface area contributed by atoms with Gasteiger partial charge in [0.2, 0.25) is 0 Å². The number of aryl methyl sites for hydroxylation is 1. The van der Waals surface area contributed by atoms with Crippen molar-refractivity contribution in [3.63, 3.8) is 0 Å². The van der Waals surface area contributed by atoms with Gasteiger partial charge in [-0.2, -0.15) is 0 Å². The summed E-state index contributed by atoms with van der Waals surface area (Å²) in [6.07, 6.45) is 3.76. The second-order valence-electron chi connectivity index (χ2n) is 9.35. The van der Waals surface area contributed by atoms with Crippen LogP contribution in [-0.2, 0) is 0 Å². The van der Waals surface area contributed by atoms with Crippen molar-refractivity contribution in [3.05, 3.63) is 85.4 Å². The van der Waals surface area contributed by atoms with Crippen LogP contribution < -0.4 is 21.2 Å². The quantitative estimate of drug-likeness (QED) is 0.282. The monoisotopic (exact) mass is 505 g/mol. The molecule has 1 saturated carbocycles. The first kappa shape index (κ1) is 24.2. The van der Waals surface area contributed by atoms with Gasteiger partial charge < -0.3 is 19.0 Å². The molecule has 0 aliphatic heterocycles. The number of rotatable bonds is 6. The Morgan fingerprint density at radius 3 is 2.44 bits per heavy atom. The minimum Gasteiger partial charge on any atom is -0.421 e. The maximum Gasteiger partial charge on any atom is 0.341 e. The molecular formula is C28H28FN3O3S. The van der Waals surface area contributed by atoms with Crippen molar-refractivity contribution >= 4 is 40.0 Å². The Morgan fingerprint density at radius 1 is 1.03 bits per heavy atom. The Balaban J connectivity index is 1.89. The van der Waals surface area contributed by atoms with E-state index in [4.69, 9.17) is 4.42 Å². The van der Waals surface area contributed by atoms with Crippen molar-refractivity contribution in [2.24, 2.45) is 0 Å². The van der Waals surface area contributed by atoms with E-state index in [0.717, 1.165) is 40.9 Å². The molecule has 2 heterocycles. The number of aromatic nitrogens is 1. The number of pyridine rings is 1. The molecule has 0 spiro atoms. The van der Waals surface area contributed by atoms with E-state index in [1.54, 1.807) is 26.0 Å². The summed E-state index contributed by atoms with van der Waals surface area (Å²) < 4.78 is 25.8. The Labute approximate surface area is 212 Å². The third kappa shape index (κ3) is 3.99. The predicted octanol–water partition coefficient (Wildman–Crippen LogP) is 6.76. The lowest BCUT2D eigenvalue weighted by Crippen LogP contribution is -2.25. The summed E-state index contributed by atoms with van der Waals surface area (Å²) in [6.45, 7) is 7.29. The number of hydrogen-bond acceptors (Lipinski definition) is 6. The highest BCUT2D eigenvalue weighted by Crippen LogP contribution is 2.42. The molecule has 6 nitrogen and oxygen atoms in total. The molecule has 1 aliphatic rings. The van der Waals surface area contributed by atoms with Crippen LogP contribution in [0.2, 0.25) is 0 Å². The molecule has 0 atom stereocenters. The first-order valence-corrected chi connectivity index (χ1v) is 13.1. The fourth-order valence-corrected chi connectivity index (χ4v) is 5.23. The summed E-state index contributed by atoms with van der Waals surface area (Å²) in [5.74, 6) is -0.461. The van der Waals surface area contributed by atoms with Crippen molar-refractivity contribution in [2.75, 3.05) is 16.3 Å². The van der Waals surface area contributed by atoms with Gasteiger partial charge in [-0.05, 0) is 75.4 Å². The molecule has 0 saturated heterocycles. The number of fused-ring (bicyclic) bond motifs is 1. The average molecular weight is 506 g/mol. The fraction of sp³-hybridized carbons (Fsp3) is 0.286. The second kappa shape index (κ2) is 9.17. The fourth-order valence-electron chi connectivity index (χ4n) is 4.79. The van der Waals surface area contributed by atoms with Crippen molar-refractivity contribution in [1.82, 2.24) is 4.57 Å². The van der Waals surface area contributed by atoms with Gasteiger partial charge in [0.15, 0.2) is 5.58 Å². The normalized spacial score (nSPS) is 13.3. The summed E-state index contributed by atoms with van der Waals surface area (Å²) in [5.41, 5.74) is 5.09. The molecule has 0 bridgehead atoms. The van der Waals surface area contributed by atoms with Gasteiger partial charge in [0.25, 0.3) is 5.56 Å². The van der Waals surface area contributed by atoms with Gasteiger partial charge in [0, 0.05) is 29.2 Å². The number of nitrogens with one attached hydrogen (secondary N) is 2. The topological polar surface area (TPSA) is 76.3 Å². The predicted molar refractivity (Wildman–Crippen MR) is 146 cm³/mol. The van der Waals surface area contributed by atoms with E-state index < -0.39 is 11.4 Å². The minimum absolute atomic E-state index is 0.0876. The van der Waals surface area contributed by atoms with Crippen LogP contribution in [0.25, 0.3) is 22.1 Å². The maximum atomic E-state index is 14.8. The SMILES string of the molecule is CSNc1cccc(-c2c(C)n(C3CC3)c(=O)c3c(Nc4ccc(C)cc4F)c(C)c(=O)oc23)c1C. The Bertz CT molecular complexity index is 1640. The van der Waals surface area contributed by atoms with Crippen LogP contribution >= 0.6 is 11.9 Å². The Hall–Kier alpha value is -3.52. The first-order chi connectivity index (χ1) is 17.2. The molecule has 0 radical (unpaired) electrons. The summed E-state index contributed by atoms with van der Waals surface area (Å²) in [7, 11) is 0. The third-order valence-electron chi connectivity index (χ3n) is 6.85. The molecule has 1 fully saturated rings. The second-order valence-corrected chi connectivity index (χ2v) is 9.97. The zero-order valence-corrected chi connectivity index (χ0v) is 21.7. The summed E-state index contributed by atoms with van der Waals surface area (Å²) in [4.78, 5) is 27.0. The number of anilines is 3. The van der Waals surface area contributed by atoms with Crippen LogP contribution in [-0.4, -0.2) is 10.8 Å². The highest BCUT2D eigenvalue weighted by atomic mass is 32.2. The third-order valence-corrected chi connectivity index (χ3v) is 7.27. The minimum atomic E-state index is -0.571. The van der Waals surface area contributed by atoms with Gasteiger partial charge in [-0.15, -0.1) is 0 Å². The number of benzene rings is 2. The van der Waals surface area contributed by atoms with E-state index in [-0.39, 0.29) is 39.5 Å². The molecule has 0 unspecified atom stereocenters. The number of nitrogens with zero attached hydrogens (tertiary/aromatic N) is 1. The summed E-state index contributed by atoms with van der Waals surface area (Å²) in [6, 6.07) is 10.8. The highest BCUT2D eigenvalue weighted by Gasteiger charge is 2.31. The Morgan fingerprint density at radius 2 is 1.78 bits per heavy atom. The van der Waals surface area contributed by atoms with E-state index in [9.17, 15) is 14.0 Å². The largest absolute Gasteiger partial charge is 0.421 e. The molecule has 2 N–H and O–H groups in total. The highest BCUT2D eigenvalue weighted by molar-refractivity contribution is 7.99. The molecule has 8 heteroatoms. The van der Waals surface area contributed by atoms with Gasteiger partial charge in [0.1, 0.15) is 11.2 Å². The van der Waals surface area contributed by atoms with E-state index in [1.807, 2.05) is 42.9 Å². The number of halogens is 1. The van der Waals surface area contributed by atoms with Gasteiger partial charge in [-0.3, -0.25) is 4.79 Å². The first-order valence-electron chi connectivity index (χ1n) is 11.9. The van der Waals surface area contributed by atoms with Crippen molar-refractivity contribution in [2.45, 2.75) is 46.6 Å². The van der Waals surface area contributed by atoms with Crippen LogP contribution in [0.1, 0.15) is 41.3 Å². The Kier molecular flexibility index (Phi) is 6.16. The van der Waals surface area contributed by atoms with Crippen molar-refractivity contribution in [1.29, 1.82) is 0 Å². The molecule has 2 aromatic carbocycles.